The van der Waals surface area contributed by atoms with E-state index < -0.39 is 16.9 Å². The number of hydrogen-bond donors (Lipinski definition) is 4. The van der Waals surface area contributed by atoms with E-state index in [0.717, 1.165) is 0 Å². The molecule has 4 N–H and O–H groups in total. The Hall–Kier alpha value is -3.55. The van der Waals surface area contributed by atoms with Gasteiger partial charge in [-0.2, -0.15) is 0 Å². The minimum atomic E-state index is -0.734. The lowest BCUT2D eigenvalue weighted by Crippen LogP contribution is -2.19. The van der Waals surface area contributed by atoms with Gasteiger partial charge in [-0.05, 0) is 61.6 Å². The van der Waals surface area contributed by atoms with Crippen molar-refractivity contribution < 1.29 is 20.0 Å². The first-order valence-electron chi connectivity index (χ1n) is 8.38. The van der Waals surface area contributed by atoms with Crippen molar-refractivity contribution in [3.05, 3.63) is 63.2 Å². The van der Waals surface area contributed by atoms with Crippen molar-refractivity contribution in [2.24, 2.45) is 0 Å². The van der Waals surface area contributed by atoms with Crippen molar-refractivity contribution >= 4 is 58.2 Å². The fraction of sp³-hybridized carbons (Fsp3) is 0.0556. The van der Waals surface area contributed by atoms with Crippen LogP contribution in [-0.4, -0.2) is 31.7 Å². The Kier molecular flexibility index (Phi) is 5.96. The molecule has 0 bridgehead atoms. The molecular formula is C18H15N5O6S-2. The van der Waals surface area contributed by atoms with Crippen LogP contribution in [0.25, 0.3) is 17.2 Å². The van der Waals surface area contributed by atoms with Gasteiger partial charge in [0.05, 0.1) is 22.3 Å². The highest BCUT2D eigenvalue weighted by atomic mass is 32.1. The van der Waals surface area contributed by atoms with Crippen molar-refractivity contribution in [1.82, 2.24) is 9.55 Å². The topological polar surface area (TPSA) is 160 Å². The SMILES string of the molecule is CC(=O)/C(=C\n1c(=S)[nH]c2ccc(N([O-])[O-])cc21)C(=O)Nc1ccc(N(O)O)cc1. The second-order valence-corrected chi connectivity index (χ2v) is 6.53. The Morgan fingerprint density at radius 3 is 2.33 bits per heavy atom. The average molecular weight is 429 g/mol. The summed E-state index contributed by atoms with van der Waals surface area (Å²) >= 11 is 5.22. The number of fused-ring (bicyclic) bond motifs is 1. The summed E-state index contributed by atoms with van der Waals surface area (Å²) in [6.45, 7) is 1.20. The summed E-state index contributed by atoms with van der Waals surface area (Å²) in [6.07, 6.45) is 1.21. The van der Waals surface area contributed by atoms with Gasteiger partial charge in [0.1, 0.15) is 0 Å². The monoisotopic (exact) mass is 429 g/mol. The van der Waals surface area contributed by atoms with E-state index in [4.69, 9.17) is 22.6 Å². The molecule has 3 rings (SSSR count). The standard InChI is InChI=1S/C18H15N5O6S/c1-10(24)14(17(25)19-11-2-4-12(5-3-11)22(26)27)9-21-16-8-13(23(28)29)6-7-15(16)20-18(21)30/h2-9,26-27H,1H3,(H,19,25)(H,20,30)/q-2/b14-9+. The van der Waals surface area contributed by atoms with E-state index in [-0.39, 0.29) is 26.9 Å². The molecular weight excluding hydrogens is 414 g/mol. The van der Waals surface area contributed by atoms with Crippen molar-refractivity contribution in [2.45, 2.75) is 6.92 Å². The van der Waals surface area contributed by atoms with Gasteiger partial charge >= 0.3 is 0 Å². The first-order chi connectivity index (χ1) is 14.2. The number of imidazole rings is 1. The van der Waals surface area contributed by atoms with Crippen LogP contribution in [0, 0.1) is 15.2 Å². The van der Waals surface area contributed by atoms with Crippen LogP contribution in [-0.2, 0) is 9.59 Å². The lowest BCUT2D eigenvalue weighted by molar-refractivity contribution is -0.118. The minimum absolute atomic E-state index is 0.0713. The van der Waals surface area contributed by atoms with Gasteiger partial charge in [-0.1, -0.05) is 0 Å². The Morgan fingerprint density at radius 1 is 1.13 bits per heavy atom. The quantitative estimate of drug-likeness (QED) is 0.152. The normalized spacial score (nSPS) is 11.4. The summed E-state index contributed by atoms with van der Waals surface area (Å²) in [4.78, 5) is 27.6. The number of aromatic nitrogens is 2. The number of amides is 1. The number of carbonyl (C=O) groups is 2. The van der Waals surface area contributed by atoms with E-state index in [2.05, 4.69) is 10.3 Å². The molecule has 11 nitrogen and oxygen atoms in total. The number of aromatic amines is 1. The van der Waals surface area contributed by atoms with Gasteiger partial charge in [0.25, 0.3) is 5.91 Å². The molecule has 3 aromatic rings. The zero-order chi connectivity index (χ0) is 22.0. The van der Waals surface area contributed by atoms with Crippen LogP contribution in [0.3, 0.4) is 0 Å². The predicted molar refractivity (Wildman–Crippen MR) is 112 cm³/mol. The number of nitrogens with zero attached hydrogens (tertiary/aromatic N) is 3. The first kappa shape index (κ1) is 21.2. The van der Waals surface area contributed by atoms with Crippen LogP contribution >= 0.6 is 12.2 Å². The fourth-order valence-corrected chi connectivity index (χ4v) is 2.93. The molecule has 0 unspecified atom stereocenters. The van der Waals surface area contributed by atoms with Crippen LogP contribution in [0.5, 0.6) is 0 Å². The van der Waals surface area contributed by atoms with E-state index in [1.165, 1.54) is 60.2 Å². The fourth-order valence-electron chi connectivity index (χ4n) is 2.67. The third kappa shape index (κ3) is 4.37. The molecule has 0 aliphatic rings. The Balaban J connectivity index is 1.99. The Bertz CT molecular complexity index is 1200. The molecule has 1 aromatic heterocycles. The maximum Gasteiger partial charge on any atom is 0.260 e. The lowest BCUT2D eigenvalue weighted by Gasteiger charge is -2.37. The van der Waals surface area contributed by atoms with Gasteiger partial charge in [-0.15, -0.1) is 5.23 Å². The van der Waals surface area contributed by atoms with Crippen molar-refractivity contribution in [1.29, 1.82) is 0 Å². The summed E-state index contributed by atoms with van der Waals surface area (Å²) in [7, 11) is 0. The summed E-state index contributed by atoms with van der Waals surface area (Å²) < 4.78 is 1.46. The summed E-state index contributed by atoms with van der Waals surface area (Å²) in [6, 6.07) is 9.56. The van der Waals surface area contributed by atoms with Crippen molar-refractivity contribution in [2.75, 3.05) is 15.8 Å². The maximum atomic E-state index is 12.6. The van der Waals surface area contributed by atoms with E-state index in [1.807, 2.05) is 0 Å². The smallest absolute Gasteiger partial charge is 0.260 e. The molecule has 0 fully saturated rings. The molecule has 12 heteroatoms. The molecule has 30 heavy (non-hydrogen) atoms. The maximum absolute atomic E-state index is 12.6. The van der Waals surface area contributed by atoms with Crippen LogP contribution < -0.4 is 15.8 Å². The Labute approximate surface area is 174 Å². The van der Waals surface area contributed by atoms with Crippen LogP contribution in [0.4, 0.5) is 17.1 Å². The van der Waals surface area contributed by atoms with Gasteiger partial charge in [0.15, 0.2) is 10.6 Å². The summed E-state index contributed by atoms with van der Waals surface area (Å²) in [5.41, 5.74) is 0.787. The number of Topliss-reactive ketones (excluding diaryl/α,β-unsaturated/α-hetero) is 1. The highest BCUT2D eigenvalue weighted by Gasteiger charge is 2.16. The van der Waals surface area contributed by atoms with Crippen LogP contribution in [0.15, 0.2) is 48.0 Å². The molecule has 0 radical (unpaired) electrons. The van der Waals surface area contributed by atoms with Gasteiger partial charge in [-0.25, -0.2) is 0 Å². The molecule has 0 aliphatic carbocycles. The van der Waals surface area contributed by atoms with Gasteiger partial charge in [0, 0.05) is 17.6 Å². The van der Waals surface area contributed by atoms with E-state index in [1.54, 1.807) is 0 Å². The summed E-state index contributed by atoms with van der Waals surface area (Å²) in [5, 5.41) is 41.9. The molecule has 0 atom stereocenters. The highest BCUT2D eigenvalue weighted by Crippen LogP contribution is 2.23. The number of ketones is 1. The number of H-pyrrole nitrogens is 1. The zero-order valence-corrected chi connectivity index (χ0v) is 16.2. The van der Waals surface area contributed by atoms with Gasteiger partial charge in [-0.3, -0.25) is 24.6 Å². The number of carbonyl (C=O) groups excluding carboxylic acids is 2. The Morgan fingerprint density at radius 2 is 1.77 bits per heavy atom. The number of rotatable bonds is 6. The largest absolute Gasteiger partial charge is 0.769 e. The zero-order valence-electron chi connectivity index (χ0n) is 15.4. The average Bonchev–Trinajstić information content (AvgIpc) is 3.00. The van der Waals surface area contributed by atoms with Gasteiger partial charge < -0.3 is 25.9 Å². The third-order valence-corrected chi connectivity index (χ3v) is 4.45. The molecule has 0 saturated carbocycles. The van der Waals surface area contributed by atoms with Crippen molar-refractivity contribution in [3.8, 4) is 0 Å². The van der Waals surface area contributed by atoms with E-state index in [9.17, 15) is 20.0 Å². The van der Waals surface area contributed by atoms with Crippen LogP contribution in [0.2, 0.25) is 0 Å². The third-order valence-electron chi connectivity index (χ3n) is 4.15. The molecule has 2 aromatic carbocycles. The van der Waals surface area contributed by atoms with Gasteiger partial charge in [0.2, 0.25) is 0 Å². The first-order valence-corrected chi connectivity index (χ1v) is 8.79. The van der Waals surface area contributed by atoms with E-state index >= 15 is 0 Å². The molecule has 0 aliphatic heterocycles. The highest BCUT2D eigenvalue weighted by molar-refractivity contribution is 7.71. The summed E-state index contributed by atoms with van der Waals surface area (Å²) in [5.74, 6) is -1.29. The second-order valence-electron chi connectivity index (χ2n) is 6.15. The lowest BCUT2D eigenvalue weighted by atomic mass is 10.1. The number of nitrogens with one attached hydrogen (secondary N) is 2. The molecule has 156 valence electrons. The van der Waals surface area contributed by atoms with E-state index in [0.29, 0.717) is 16.7 Å². The van der Waals surface area contributed by atoms with Crippen molar-refractivity contribution in [3.63, 3.8) is 0 Å². The molecule has 1 amide bonds. The number of benzene rings is 2. The number of hydrogen-bond acceptors (Lipinski definition) is 9. The predicted octanol–water partition coefficient (Wildman–Crippen LogP) is 3.15. The molecule has 1 heterocycles. The number of anilines is 3. The minimum Gasteiger partial charge on any atom is -0.769 e. The molecule has 0 saturated heterocycles. The van der Waals surface area contributed by atoms with Crippen LogP contribution in [0.1, 0.15) is 6.92 Å². The molecule has 0 spiro atoms. The second kappa shape index (κ2) is 8.44.